The molecule has 0 saturated carbocycles. The fourth-order valence-corrected chi connectivity index (χ4v) is 8.77. The first-order valence-corrected chi connectivity index (χ1v) is 26.0. The van der Waals surface area contributed by atoms with E-state index in [4.69, 9.17) is 38.6 Å². The van der Waals surface area contributed by atoms with Gasteiger partial charge in [0, 0.05) is 0 Å². The summed E-state index contributed by atoms with van der Waals surface area (Å²) in [4.78, 5) is 31.6. The summed E-state index contributed by atoms with van der Waals surface area (Å²) in [5, 5.41) is 17.5. The molecule has 3 aromatic carbocycles. The Morgan fingerprint density at radius 3 is 1.00 bits per heavy atom. The van der Waals surface area contributed by atoms with Gasteiger partial charge in [-0.25, -0.2) is 9.59 Å². The minimum absolute atomic E-state index is 0. The molecule has 0 unspecified atom stereocenters. The second kappa shape index (κ2) is 34.3. The zero-order valence-electron chi connectivity index (χ0n) is 46.7. The fourth-order valence-electron chi connectivity index (χ4n) is 8.61. The van der Waals surface area contributed by atoms with Gasteiger partial charge in [-0.15, -0.1) is 0 Å². The monoisotopic (exact) mass is 1080 g/mol. The normalized spacial score (nSPS) is 11.7. The van der Waals surface area contributed by atoms with E-state index in [-0.39, 0.29) is 72.9 Å². The molecule has 0 aliphatic rings. The summed E-state index contributed by atoms with van der Waals surface area (Å²) in [6.07, 6.45) is 3.35. The molecule has 0 atom stereocenters. The van der Waals surface area contributed by atoms with Crippen molar-refractivity contribution in [3.05, 3.63) is 89.5 Å². The maximum Gasteiger partial charge on any atom is 0.332 e. The molecule has 0 aliphatic heterocycles. The van der Waals surface area contributed by atoms with Gasteiger partial charge in [-0.3, -0.25) is 4.79 Å². The van der Waals surface area contributed by atoms with Crippen LogP contribution in [0.1, 0.15) is 161 Å². The van der Waals surface area contributed by atoms with Crippen molar-refractivity contribution in [2.24, 2.45) is 16.2 Å². The maximum atomic E-state index is 11.1. The van der Waals surface area contributed by atoms with Crippen LogP contribution in [-0.4, -0.2) is 99.5 Å². The van der Waals surface area contributed by atoms with E-state index in [2.05, 4.69) is 161 Å². The first kappa shape index (κ1) is 69.9. The van der Waals surface area contributed by atoms with Gasteiger partial charge >= 0.3 is 17.9 Å². The predicted molar refractivity (Wildman–Crippen MR) is 297 cm³/mol. The summed E-state index contributed by atoms with van der Waals surface area (Å²) >= 11 is 2.94. The van der Waals surface area contributed by atoms with Crippen molar-refractivity contribution in [2.75, 3.05) is 71.4 Å². The lowest BCUT2D eigenvalue weighted by atomic mass is 9.72. The molecule has 0 radical (unpaired) electrons. The van der Waals surface area contributed by atoms with E-state index in [1.807, 2.05) is 36.4 Å². The standard InChI is InChI=1S/C20H32O4.C18H28O4.C16H26O2.C4H7BrO2.CH4/c1-7-23-18(21)14-22-12-13-24-17-10-8-16(9-11-17)20(5,6)15-19(2,3)4;1-17(2,3)13-18(4,5)14-6-8-15(9-7-14)22-11-10-21-12-16(19)20;1-15(2,3)12-16(4,5)13-6-8-14(9-7-13)18-11-10-17;1-2-7-4(6)3-5;/h8-11H,7,12-15H2,1-6H3;6-9H,10-13H2,1-5H3,(H,19,20);6-9,17H,10-12H2,1-5H3;2-3H2,1H3;1H4. The van der Waals surface area contributed by atoms with Crippen LogP contribution in [0.5, 0.6) is 17.2 Å². The lowest BCUT2D eigenvalue weighted by molar-refractivity contribution is -0.148. The Morgan fingerprint density at radius 1 is 0.458 bits per heavy atom. The molecule has 12 nitrogen and oxygen atoms in total. The first-order valence-electron chi connectivity index (χ1n) is 24.8. The van der Waals surface area contributed by atoms with Crippen LogP contribution in [0.2, 0.25) is 0 Å². The number of carboxylic acids is 1. The average Bonchev–Trinajstić information content (AvgIpc) is 3.24. The number of aliphatic hydroxyl groups excluding tert-OH is 1. The van der Waals surface area contributed by atoms with Crippen molar-refractivity contribution < 1.29 is 57.8 Å². The van der Waals surface area contributed by atoms with Gasteiger partial charge in [-0.2, -0.15) is 0 Å². The molecule has 412 valence electrons. The number of carbonyl (C=O) groups excluding carboxylic acids is 2. The molecule has 0 bridgehead atoms. The molecule has 0 aromatic heterocycles. The third-order valence-corrected chi connectivity index (χ3v) is 10.8. The molecule has 13 heteroatoms. The van der Waals surface area contributed by atoms with Crippen LogP contribution < -0.4 is 14.2 Å². The molecule has 72 heavy (non-hydrogen) atoms. The average molecular weight is 1080 g/mol. The Labute approximate surface area is 444 Å². The molecular weight excluding hydrogens is 981 g/mol. The number of esters is 2. The molecule has 0 spiro atoms. The number of carboxylic acid groups (broad SMARTS) is 1. The van der Waals surface area contributed by atoms with Crippen molar-refractivity contribution in [2.45, 2.75) is 161 Å². The largest absolute Gasteiger partial charge is 0.491 e. The number of aliphatic carboxylic acids is 1. The summed E-state index contributed by atoms with van der Waals surface area (Å²) in [5.74, 6) is 0.884. The van der Waals surface area contributed by atoms with Crippen molar-refractivity contribution in [3.8, 4) is 17.2 Å². The number of hydrogen-bond donors (Lipinski definition) is 2. The molecule has 2 N–H and O–H groups in total. The lowest BCUT2D eigenvalue weighted by Gasteiger charge is -2.33. The van der Waals surface area contributed by atoms with Gasteiger partial charge in [0.15, 0.2) is 0 Å². The summed E-state index contributed by atoms with van der Waals surface area (Å²) in [7, 11) is 0. The summed E-state index contributed by atoms with van der Waals surface area (Å²) in [6, 6.07) is 24.5. The highest BCUT2D eigenvalue weighted by Crippen LogP contribution is 2.39. The van der Waals surface area contributed by atoms with E-state index in [1.54, 1.807) is 13.8 Å². The third-order valence-electron chi connectivity index (χ3n) is 10.3. The molecule has 3 rings (SSSR count). The van der Waals surface area contributed by atoms with E-state index in [9.17, 15) is 14.4 Å². The van der Waals surface area contributed by atoms with Gasteiger partial charge in [0.2, 0.25) is 0 Å². The zero-order valence-corrected chi connectivity index (χ0v) is 48.3. The van der Waals surface area contributed by atoms with Crippen LogP contribution in [0.15, 0.2) is 72.8 Å². The molecule has 3 aromatic rings. The summed E-state index contributed by atoms with van der Waals surface area (Å²) < 4.78 is 36.0. The smallest absolute Gasteiger partial charge is 0.332 e. The number of ether oxygens (including phenoxy) is 7. The van der Waals surface area contributed by atoms with E-state index < -0.39 is 5.97 Å². The van der Waals surface area contributed by atoms with Gasteiger partial charge < -0.3 is 43.4 Å². The van der Waals surface area contributed by atoms with Gasteiger partial charge in [0.05, 0.1) is 33.0 Å². The maximum absolute atomic E-state index is 11.1. The zero-order chi connectivity index (χ0) is 54.5. The molecule has 0 amide bonds. The van der Waals surface area contributed by atoms with Crippen molar-refractivity contribution in [3.63, 3.8) is 0 Å². The second-order valence-corrected chi connectivity index (χ2v) is 23.5. The number of halogens is 1. The second-order valence-electron chi connectivity index (χ2n) is 22.9. The highest BCUT2D eigenvalue weighted by molar-refractivity contribution is 9.09. The Hall–Kier alpha value is -4.17. The SMILES string of the molecule is C.CC(C)(C)CC(C)(C)c1ccc(OCCO)cc1.CC(C)(C)CC(C)(C)c1ccc(OCCOCC(=O)O)cc1.CCOC(=O)CBr.CCOC(=O)COCCOc1ccc(C(C)(C)CC(C)(C)C)cc1. The van der Waals surface area contributed by atoms with Crippen LogP contribution in [0.3, 0.4) is 0 Å². The molecular formula is C59H97BrO12. The van der Waals surface area contributed by atoms with Gasteiger partial charge in [-0.05, 0) is 119 Å². The number of rotatable bonds is 24. The van der Waals surface area contributed by atoms with E-state index in [1.165, 1.54) is 16.7 Å². The molecule has 0 saturated heterocycles. The van der Waals surface area contributed by atoms with Crippen LogP contribution in [0.25, 0.3) is 0 Å². The highest BCUT2D eigenvalue weighted by atomic mass is 79.9. The minimum Gasteiger partial charge on any atom is -0.491 e. The third kappa shape index (κ3) is 34.3. The van der Waals surface area contributed by atoms with Crippen molar-refractivity contribution in [1.29, 1.82) is 0 Å². The molecule has 0 fully saturated rings. The van der Waals surface area contributed by atoms with Gasteiger partial charge in [0.25, 0.3) is 0 Å². The van der Waals surface area contributed by atoms with Crippen LogP contribution in [0, 0.1) is 16.2 Å². The van der Waals surface area contributed by atoms with Crippen LogP contribution >= 0.6 is 15.9 Å². The lowest BCUT2D eigenvalue weighted by Crippen LogP contribution is -2.24. The molecule has 0 heterocycles. The van der Waals surface area contributed by atoms with Gasteiger partial charge in [0.1, 0.15) is 55.6 Å². The highest BCUT2D eigenvalue weighted by Gasteiger charge is 2.29. The summed E-state index contributed by atoms with van der Waals surface area (Å²) in [6.45, 7) is 39.8. The Morgan fingerprint density at radius 2 is 0.750 bits per heavy atom. The first-order chi connectivity index (χ1) is 32.8. The van der Waals surface area contributed by atoms with Crippen molar-refractivity contribution >= 4 is 33.8 Å². The van der Waals surface area contributed by atoms with E-state index >= 15 is 0 Å². The topological polar surface area (TPSA) is 156 Å². The number of aliphatic hydroxyl groups is 1. The number of hydrogen-bond acceptors (Lipinski definition) is 11. The van der Waals surface area contributed by atoms with Gasteiger partial charge in [-0.1, -0.05) is 164 Å². The predicted octanol–water partition coefficient (Wildman–Crippen LogP) is 13.6. The van der Waals surface area contributed by atoms with E-state index in [0.717, 1.165) is 36.5 Å². The fraction of sp³-hybridized carbons (Fsp3) is 0.644. The summed E-state index contributed by atoms with van der Waals surface area (Å²) in [5.41, 5.74) is 5.20. The minimum atomic E-state index is -0.967. The van der Waals surface area contributed by atoms with Crippen LogP contribution in [-0.2, 0) is 49.6 Å². The van der Waals surface area contributed by atoms with Crippen LogP contribution in [0.4, 0.5) is 0 Å². The number of alkyl halides is 1. The Bertz CT molecular complexity index is 1900. The quantitative estimate of drug-likeness (QED) is 0.0498. The molecule has 0 aliphatic carbocycles. The number of carbonyl (C=O) groups is 3. The van der Waals surface area contributed by atoms with Crippen molar-refractivity contribution in [1.82, 2.24) is 0 Å². The Kier molecular flexibility index (Phi) is 33.3. The number of benzene rings is 3. The Balaban J connectivity index is 0. The van der Waals surface area contributed by atoms with E-state index in [0.29, 0.717) is 50.4 Å².